The summed E-state index contributed by atoms with van der Waals surface area (Å²) in [5.74, 6) is -0.529. The van der Waals surface area contributed by atoms with Crippen LogP contribution in [0.4, 0.5) is 4.79 Å². The van der Waals surface area contributed by atoms with Crippen molar-refractivity contribution in [2.24, 2.45) is 0 Å². The fourth-order valence-corrected chi connectivity index (χ4v) is 0.863. The Bertz CT molecular complexity index is 246. The average Bonchev–Trinajstić information content (AvgIpc) is 2.12. The molecule has 1 atom stereocenters. The largest absolute Gasteiger partial charge is 0.469 e. The van der Waals surface area contributed by atoms with Crippen LogP contribution in [0.3, 0.4) is 0 Å². The van der Waals surface area contributed by atoms with Gasteiger partial charge >= 0.3 is 12.1 Å². The van der Waals surface area contributed by atoms with Crippen LogP contribution in [0.1, 0.15) is 27.2 Å². The van der Waals surface area contributed by atoms with E-state index in [0.29, 0.717) is 0 Å². The van der Waals surface area contributed by atoms with Gasteiger partial charge < -0.3 is 19.9 Å². The molecule has 6 nitrogen and oxygen atoms in total. The lowest BCUT2D eigenvalue weighted by Crippen LogP contribution is -2.37. The first-order valence-corrected chi connectivity index (χ1v) is 4.96. The molecule has 0 aliphatic carbocycles. The normalized spacial score (nSPS) is 12.8. The number of carbonyl (C=O) groups excluding carboxylic acids is 2. The van der Waals surface area contributed by atoms with Gasteiger partial charge in [0, 0.05) is 6.54 Å². The number of aliphatic hydroxyl groups excluding tert-OH is 1. The minimum Gasteiger partial charge on any atom is -0.469 e. The van der Waals surface area contributed by atoms with Gasteiger partial charge in [-0.25, -0.2) is 4.79 Å². The maximum Gasteiger partial charge on any atom is 0.407 e. The lowest BCUT2D eigenvalue weighted by molar-refractivity contribution is -0.142. The fourth-order valence-electron chi connectivity index (χ4n) is 0.863. The molecule has 0 aromatic carbocycles. The van der Waals surface area contributed by atoms with Crippen molar-refractivity contribution in [3.05, 3.63) is 0 Å². The van der Waals surface area contributed by atoms with Gasteiger partial charge in [0.15, 0.2) is 0 Å². The highest BCUT2D eigenvalue weighted by molar-refractivity contribution is 5.70. The van der Waals surface area contributed by atoms with E-state index in [4.69, 9.17) is 4.74 Å². The lowest BCUT2D eigenvalue weighted by atomic mass is 10.2. The summed E-state index contributed by atoms with van der Waals surface area (Å²) in [7, 11) is 1.23. The quantitative estimate of drug-likeness (QED) is 0.688. The molecule has 1 unspecified atom stereocenters. The van der Waals surface area contributed by atoms with Gasteiger partial charge in [0.25, 0.3) is 0 Å². The Kier molecular flexibility index (Phi) is 5.81. The minimum absolute atomic E-state index is 0.0516. The summed E-state index contributed by atoms with van der Waals surface area (Å²) in [6.07, 6.45) is -1.76. The standard InChI is InChI=1S/C10H19NO5/c1-10(2,3)16-9(14)11-6-7(12)5-8(13)15-4/h7,12H,5-6H2,1-4H3,(H,11,14). The monoisotopic (exact) mass is 233 g/mol. The summed E-state index contributed by atoms with van der Waals surface area (Å²) in [5, 5.41) is 11.7. The molecule has 0 aromatic rings. The molecule has 0 heterocycles. The predicted molar refractivity (Wildman–Crippen MR) is 56.9 cm³/mol. The van der Waals surface area contributed by atoms with E-state index in [0.717, 1.165) is 0 Å². The number of alkyl carbamates (subject to hydrolysis) is 1. The number of nitrogens with one attached hydrogen (secondary N) is 1. The molecular formula is C10H19NO5. The van der Waals surface area contributed by atoms with Crippen molar-refractivity contribution in [3.8, 4) is 0 Å². The minimum atomic E-state index is -0.972. The molecule has 0 aliphatic rings. The van der Waals surface area contributed by atoms with Crippen LogP contribution in [0, 0.1) is 0 Å². The molecule has 1 amide bonds. The highest BCUT2D eigenvalue weighted by Crippen LogP contribution is 2.06. The topological polar surface area (TPSA) is 84.9 Å². The van der Waals surface area contributed by atoms with E-state index in [-0.39, 0.29) is 13.0 Å². The van der Waals surface area contributed by atoms with Crippen molar-refractivity contribution < 1.29 is 24.2 Å². The van der Waals surface area contributed by atoms with Crippen LogP contribution in [0.15, 0.2) is 0 Å². The summed E-state index contributed by atoms with van der Waals surface area (Å²) in [5.41, 5.74) is -0.586. The third kappa shape index (κ3) is 8.05. The Hall–Kier alpha value is -1.30. The van der Waals surface area contributed by atoms with Gasteiger partial charge in [-0.2, -0.15) is 0 Å². The average molecular weight is 233 g/mol. The van der Waals surface area contributed by atoms with Crippen molar-refractivity contribution in [1.29, 1.82) is 0 Å². The fraction of sp³-hybridized carbons (Fsp3) is 0.800. The Morgan fingerprint density at radius 3 is 2.38 bits per heavy atom. The summed E-state index contributed by atoms with van der Waals surface area (Å²) >= 11 is 0. The molecule has 0 rings (SSSR count). The van der Waals surface area contributed by atoms with Gasteiger partial charge in [-0.05, 0) is 20.8 Å². The van der Waals surface area contributed by atoms with Crippen LogP contribution in [-0.2, 0) is 14.3 Å². The first kappa shape index (κ1) is 14.7. The van der Waals surface area contributed by atoms with Crippen LogP contribution >= 0.6 is 0 Å². The van der Waals surface area contributed by atoms with Gasteiger partial charge in [0.05, 0.1) is 19.6 Å². The third-order valence-corrected chi connectivity index (χ3v) is 1.51. The Morgan fingerprint density at radius 2 is 1.94 bits per heavy atom. The van der Waals surface area contributed by atoms with E-state index >= 15 is 0 Å². The maximum atomic E-state index is 11.2. The molecule has 16 heavy (non-hydrogen) atoms. The Balaban J connectivity index is 3.79. The van der Waals surface area contributed by atoms with E-state index in [2.05, 4.69) is 10.1 Å². The molecule has 0 spiro atoms. The molecule has 2 N–H and O–H groups in total. The number of methoxy groups -OCH3 is 1. The first-order chi connectivity index (χ1) is 7.24. The zero-order valence-electron chi connectivity index (χ0n) is 10.1. The lowest BCUT2D eigenvalue weighted by Gasteiger charge is -2.20. The van der Waals surface area contributed by atoms with Gasteiger partial charge in [-0.1, -0.05) is 0 Å². The summed E-state index contributed by atoms with van der Waals surface area (Å²) in [4.78, 5) is 21.9. The van der Waals surface area contributed by atoms with Gasteiger partial charge in [-0.3, -0.25) is 4.79 Å². The number of rotatable bonds is 4. The van der Waals surface area contributed by atoms with Crippen LogP contribution in [0.5, 0.6) is 0 Å². The van der Waals surface area contributed by atoms with Gasteiger partial charge in [0.2, 0.25) is 0 Å². The first-order valence-electron chi connectivity index (χ1n) is 4.96. The van der Waals surface area contributed by atoms with Gasteiger partial charge in [-0.15, -0.1) is 0 Å². The van der Waals surface area contributed by atoms with Crippen LogP contribution in [0.2, 0.25) is 0 Å². The van der Waals surface area contributed by atoms with E-state index in [1.807, 2.05) is 0 Å². The Morgan fingerprint density at radius 1 is 1.38 bits per heavy atom. The zero-order valence-corrected chi connectivity index (χ0v) is 10.1. The molecule has 0 bridgehead atoms. The number of hydrogen-bond donors (Lipinski definition) is 2. The highest BCUT2D eigenvalue weighted by Gasteiger charge is 2.17. The van der Waals surface area contributed by atoms with Crippen LogP contribution in [-0.4, -0.2) is 42.5 Å². The number of ether oxygens (including phenoxy) is 2. The molecule has 0 saturated carbocycles. The molecule has 6 heteroatoms. The predicted octanol–water partition coefficient (Wildman–Crippen LogP) is 0.435. The van der Waals surface area contributed by atoms with Gasteiger partial charge in [0.1, 0.15) is 5.60 Å². The molecule has 0 aromatic heterocycles. The number of aliphatic hydroxyl groups is 1. The van der Waals surface area contributed by atoms with E-state index in [1.165, 1.54) is 7.11 Å². The number of esters is 1. The third-order valence-electron chi connectivity index (χ3n) is 1.51. The number of hydrogen-bond acceptors (Lipinski definition) is 5. The molecular weight excluding hydrogens is 214 g/mol. The molecule has 0 fully saturated rings. The molecule has 94 valence electrons. The van der Waals surface area contributed by atoms with Crippen molar-refractivity contribution in [2.75, 3.05) is 13.7 Å². The summed E-state index contributed by atoms with van der Waals surface area (Å²) in [6, 6.07) is 0. The Labute approximate surface area is 94.9 Å². The number of amides is 1. The zero-order chi connectivity index (χ0) is 12.8. The summed E-state index contributed by atoms with van der Waals surface area (Å²) in [6.45, 7) is 5.15. The SMILES string of the molecule is COC(=O)CC(O)CNC(=O)OC(C)(C)C. The molecule has 0 radical (unpaired) electrons. The maximum absolute atomic E-state index is 11.2. The van der Waals surface area contributed by atoms with Crippen LogP contribution < -0.4 is 5.32 Å². The van der Waals surface area contributed by atoms with E-state index in [9.17, 15) is 14.7 Å². The van der Waals surface area contributed by atoms with Crippen molar-refractivity contribution >= 4 is 12.1 Å². The van der Waals surface area contributed by atoms with Crippen molar-refractivity contribution in [2.45, 2.75) is 38.9 Å². The smallest absolute Gasteiger partial charge is 0.407 e. The van der Waals surface area contributed by atoms with E-state index < -0.39 is 23.8 Å². The van der Waals surface area contributed by atoms with Crippen molar-refractivity contribution in [1.82, 2.24) is 5.32 Å². The summed E-state index contributed by atoms with van der Waals surface area (Å²) < 4.78 is 9.31. The molecule has 0 aliphatic heterocycles. The van der Waals surface area contributed by atoms with E-state index in [1.54, 1.807) is 20.8 Å². The number of carbonyl (C=O) groups is 2. The second kappa shape index (κ2) is 6.32. The second-order valence-corrected chi connectivity index (χ2v) is 4.32. The highest BCUT2D eigenvalue weighted by atomic mass is 16.6. The van der Waals surface area contributed by atoms with Crippen molar-refractivity contribution in [3.63, 3.8) is 0 Å². The van der Waals surface area contributed by atoms with Crippen LogP contribution in [0.25, 0.3) is 0 Å². The molecule has 0 saturated heterocycles. The second-order valence-electron chi connectivity index (χ2n) is 4.32.